The molecule has 0 aliphatic rings. The van der Waals surface area contributed by atoms with Crippen LogP contribution in [0.1, 0.15) is 12.0 Å². The van der Waals surface area contributed by atoms with Crippen LogP contribution in [0.25, 0.3) is 0 Å². The SMILES string of the molecule is COCCNCc1cc(Br)c(OCCCN(C)C)c(Br)c1. The normalized spacial score (nSPS) is 11.1. The molecule has 21 heavy (non-hydrogen) atoms. The Kier molecular flexibility index (Phi) is 9.51. The zero-order valence-corrected chi connectivity index (χ0v) is 16.1. The Morgan fingerprint density at radius 2 is 1.81 bits per heavy atom. The molecule has 1 aromatic carbocycles. The molecule has 120 valence electrons. The lowest BCUT2D eigenvalue weighted by Gasteiger charge is -2.14. The fourth-order valence-corrected chi connectivity index (χ4v) is 3.32. The fraction of sp³-hybridized carbons (Fsp3) is 0.600. The van der Waals surface area contributed by atoms with Gasteiger partial charge in [0.1, 0.15) is 5.75 Å². The summed E-state index contributed by atoms with van der Waals surface area (Å²) in [7, 11) is 5.84. The van der Waals surface area contributed by atoms with Gasteiger partial charge in [0.25, 0.3) is 0 Å². The van der Waals surface area contributed by atoms with E-state index in [-0.39, 0.29) is 0 Å². The highest BCUT2D eigenvalue weighted by molar-refractivity contribution is 9.11. The van der Waals surface area contributed by atoms with Crippen LogP contribution in [0.5, 0.6) is 5.75 Å². The first kappa shape index (κ1) is 18.9. The van der Waals surface area contributed by atoms with E-state index in [1.54, 1.807) is 7.11 Å². The van der Waals surface area contributed by atoms with Crippen molar-refractivity contribution in [2.45, 2.75) is 13.0 Å². The highest BCUT2D eigenvalue weighted by Crippen LogP contribution is 2.34. The summed E-state index contributed by atoms with van der Waals surface area (Å²) in [5.41, 5.74) is 1.20. The van der Waals surface area contributed by atoms with Crippen molar-refractivity contribution in [1.29, 1.82) is 0 Å². The molecule has 0 atom stereocenters. The molecule has 0 bridgehead atoms. The quantitative estimate of drug-likeness (QED) is 0.585. The minimum absolute atomic E-state index is 0.709. The number of benzene rings is 1. The average molecular weight is 424 g/mol. The Labute approximate surface area is 144 Å². The van der Waals surface area contributed by atoms with Crippen molar-refractivity contribution in [3.63, 3.8) is 0 Å². The second-order valence-corrected chi connectivity index (χ2v) is 6.77. The Hall–Kier alpha value is -0.140. The molecule has 0 fully saturated rings. The summed E-state index contributed by atoms with van der Waals surface area (Å²) in [6.45, 7) is 4.10. The largest absolute Gasteiger partial charge is 0.491 e. The number of nitrogens with zero attached hydrogens (tertiary/aromatic N) is 1. The molecule has 1 aromatic rings. The third-order valence-electron chi connectivity index (χ3n) is 2.87. The van der Waals surface area contributed by atoms with Crippen molar-refractivity contribution in [3.8, 4) is 5.75 Å². The number of rotatable bonds is 10. The van der Waals surface area contributed by atoms with E-state index in [2.05, 4.69) is 68.3 Å². The first-order valence-electron chi connectivity index (χ1n) is 6.99. The third-order valence-corrected chi connectivity index (χ3v) is 4.04. The predicted octanol–water partition coefficient (Wildman–Crippen LogP) is 3.28. The van der Waals surface area contributed by atoms with Gasteiger partial charge in [0.2, 0.25) is 0 Å². The van der Waals surface area contributed by atoms with Gasteiger partial charge in [-0.1, -0.05) is 0 Å². The van der Waals surface area contributed by atoms with E-state index < -0.39 is 0 Å². The predicted molar refractivity (Wildman–Crippen MR) is 94.1 cm³/mol. The molecule has 1 N–H and O–H groups in total. The summed E-state index contributed by atoms with van der Waals surface area (Å²) in [5.74, 6) is 0.870. The van der Waals surface area contributed by atoms with Crippen LogP contribution in [0.3, 0.4) is 0 Å². The molecular weight excluding hydrogens is 400 g/mol. The van der Waals surface area contributed by atoms with Gasteiger partial charge in [-0.05, 0) is 70.1 Å². The summed E-state index contributed by atoms with van der Waals surface area (Å²) in [6.07, 6.45) is 1.01. The molecule has 0 aliphatic heterocycles. The molecule has 0 amide bonds. The molecule has 0 unspecified atom stereocenters. The van der Waals surface area contributed by atoms with Crippen LogP contribution in [0.4, 0.5) is 0 Å². The number of ether oxygens (including phenoxy) is 2. The lowest BCUT2D eigenvalue weighted by Crippen LogP contribution is -2.18. The maximum Gasteiger partial charge on any atom is 0.147 e. The van der Waals surface area contributed by atoms with Crippen LogP contribution >= 0.6 is 31.9 Å². The monoisotopic (exact) mass is 422 g/mol. The van der Waals surface area contributed by atoms with E-state index in [1.165, 1.54) is 5.56 Å². The Bertz CT molecular complexity index is 405. The summed E-state index contributed by atoms with van der Waals surface area (Å²) < 4.78 is 12.8. The van der Waals surface area contributed by atoms with E-state index >= 15 is 0 Å². The van der Waals surface area contributed by atoms with Gasteiger partial charge in [0.15, 0.2) is 0 Å². The van der Waals surface area contributed by atoms with Crippen molar-refractivity contribution in [3.05, 3.63) is 26.6 Å². The van der Waals surface area contributed by atoms with Gasteiger partial charge in [-0.2, -0.15) is 0 Å². The lowest BCUT2D eigenvalue weighted by molar-refractivity contribution is 0.199. The zero-order chi connectivity index (χ0) is 15.7. The van der Waals surface area contributed by atoms with E-state index in [4.69, 9.17) is 9.47 Å². The Balaban J connectivity index is 2.50. The van der Waals surface area contributed by atoms with Gasteiger partial charge in [-0.25, -0.2) is 0 Å². The molecule has 0 saturated heterocycles. The summed E-state index contributed by atoms with van der Waals surface area (Å²) in [4.78, 5) is 2.15. The summed E-state index contributed by atoms with van der Waals surface area (Å²) in [6, 6.07) is 4.18. The van der Waals surface area contributed by atoms with Gasteiger partial charge in [0, 0.05) is 26.7 Å². The van der Waals surface area contributed by atoms with Gasteiger partial charge < -0.3 is 19.7 Å². The topological polar surface area (TPSA) is 33.7 Å². The van der Waals surface area contributed by atoms with Crippen molar-refractivity contribution in [2.24, 2.45) is 0 Å². The lowest BCUT2D eigenvalue weighted by atomic mass is 10.2. The molecule has 0 radical (unpaired) electrons. The van der Waals surface area contributed by atoms with Gasteiger partial charge in [-0.3, -0.25) is 0 Å². The number of halogens is 2. The van der Waals surface area contributed by atoms with Crippen LogP contribution < -0.4 is 10.1 Å². The second kappa shape index (κ2) is 10.6. The van der Waals surface area contributed by atoms with Crippen LogP contribution in [0.15, 0.2) is 21.1 Å². The number of hydrogen-bond acceptors (Lipinski definition) is 4. The van der Waals surface area contributed by atoms with Crippen LogP contribution in [0.2, 0.25) is 0 Å². The number of methoxy groups -OCH3 is 1. The Morgan fingerprint density at radius 1 is 1.14 bits per heavy atom. The molecule has 6 heteroatoms. The second-order valence-electron chi connectivity index (χ2n) is 5.06. The summed E-state index contributed by atoms with van der Waals surface area (Å²) >= 11 is 7.17. The number of nitrogens with one attached hydrogen (secondary N) is 1. The molecule has 0 heterocycles. The standard InChI is InChI=1S/C15H24Br2N2O2/c1-19(2)6-4-7-21-15-13(16)9-12(10-14(15)17)11-18-5-8-20-3/h9-10,18H,4-8,11H2,1-3H3. The zero-order valence-electron chi connectivity index (χ0n) is 12.9. The van der Waals surface area contributed by atoms with Crippen molar-refractivity contribution >= 4 is 31.9 Å². The van der Waals surface area contributed by atoms with Gasteiger partial charge in [-0.15, -0.1) is 0 Å². The average Bonchev–Trinajstić information content (AvgIpc) is 2.41. The van der Waals surface area contributed by atoms with E-state index in [0.29, 0.717) is 6.61 Å². The highest BCUT2D eigenvalue weighted by atomic mass is 79.9. The molecule has 4 nitrogen and oxygen atoms in total. The molecular formula is C15H24Br2N2O2. The van der Waals surface area contributed by atoms with Crippen molar-refractivity contribution < 1.29 is 9.47 Å². The maximum atomic E-state index is 5.86. The fourth-order valence-electron chi connectivity index (χ4n) is 1.81. The first-order valence-corrected chi connectivity index (χ1v) is 8.58. The van der Waals surface area contributed by atoms with Crippen molar-refractivity contribution in [2.75, 3.05) is 47.5 Å². The molecule has 0 spiro atoms. The van der Waals surface area contributed by atoms with Gasteiger partial charge in [0.05, 0.1) is 22.2 Å². The molecule has 1 rings (SSSR count). The smallest absolute Gasteiger partial charge is 0.147 e. The molecule has 0 aliphatic carbocycles. The van der Waals surface area contributed by atoms with E-state index in [1.807, 2.05) is 0 Å². The molecule has 0 saturated carbocycles. The van der Waals surface area contributed by atoms with Crippen LogP contribution in [0, 0.1) is 0 Å². The third kappa shape index (κ3) is 7.61. The highest BCUT2D eigenvalue weighted by Gasteiger charge is 2.09. The maximum absolute atomic E-state index is 5.86. The van der Waals surface area contributed by atoms with Gasteiger partial charge >= 0.3 is 0 Å². The Morgan fingerprint density at radius 3 is 2.38 bits per heavy atom. The van der Waals surface area contributed by atoms with Crippen LogP contribution in [-0.2, 0) is 11.3 Å². The first-order chi connectivity index (χ1) is 10.0. The van der Waals surface area contributed by atoms with E-state index in [9.17, 15) is 0 Å². The van der Waals surface area contributed by atoms with E-state index in [0.717, 1.165) is 47.4 Å². The number of hydrogen-bond donors (Lipinski definition) is 1. The molecule has 0 aromatic heterocycles. The minimum Gasteiger partial charge on any atom is -0.491 e. The van der Waals surface area contributed by atoms with Crippen LogP contribution in [-0.4, -0.2) is 52.4 Å². The van der Waals surface area contributed by atoms with Crippen molar-refractivity contribution in [1.82, 2.24) is 10.2 Å². The summed E-state index contributed by atoms with van der Waals surface area (Å²) in [5, 5.41) is 3.33. The minimum atomic E-state index is 0.709.